The molecule has 1 unspecified atom stereocenters. The molecule has 74 valence electrons. The number of hydrogen-bond acceptors (Lipinski definition) is 1. The minimum atomic E-state index is 0.445. The summed E-state index contributed by atoms with van der Waals surface area (Å²) in [6.45, 7) is 3.06. The lowest BCUT2D eigenvalue weighted by molar-refractivity contribution is 0.507. The predicted molar refractivity (Wildman–Crippen MR) is 60.8 cm³/mol. The lowest BCUT2D eigenvalue weighted by atomic mass is 10.1. The van der Waals surface area contributed by atoms with Crippen LogP contribution in [0.1, 0.15) is 25.3 Å². The van der Waals surface area contributed by atoms with Crippen molar-refractivity contribution >= 4 is 0 Å². The lowest BCUT2D eigenvalue weighted by Gasteiger charge is -2.13. The maximum absolute atomic E-state index is 5.28. The van der Waals surface area contributed by atoms with E-state index in [4.69, 9.17) is 6.42 Å². The Morgan fingerprint density at radius 3 is 2.64 bits per heavy atom. The molecule has 0 radical (unpaired) electrons. The van der Waals surface area contributed by atoms with Crippen molar-refractivity contribution in [3.63, 3.8) is 0 Å². The smallest absolute Gasteiger partial charge is 0.0240 e. The maximum atomic E-state index is 5.28. The molecule has 1 N–H and O–H groups in total. The van der Waals surface area contributed by atoms with Crippen molar-refractivity contribution in [2.45, 2.75) is 32.4 Å². The second-order valence-corrected chi connectivity index (χ2v) is 3.38. The van der Waals surface area contributed by atoms with Gasteiger partial charge in [-0.1, -0.05) is 37.3 Å². The van der Waals surface area contributed by atoms with Gasteiger partial charge in [-0.25, -0.2) is 0 Å². The quantitative estimate of drug-likeness (QED) is 0.699. The van der Waals surface area contributed by atoms with E-state index < -0.39 is 0 Å². The van der Waals surface area contributed by atoms with Crippen LogP contribution in [0.5, 0.6) is 0 Å². The molecule has 0 aliphatic carbocycles. The van der Waals surface area contributed by atoms with E-state index in [0.717, 1.165) is 19.4 Å². The molecular weight excluding hydrogens is 170 g/mol. The van der Waals surface area contributed by atoms with Crippen molar-refractivity contribution in [1.29, 1.82) is 0 Å². The summed E-state index contributed by atoms with van der Waals surface area (Å²) in [6, 6.07) is 10.8. The summed E-state index contributed by atoms with van der Waals surface area (Å²) in [5, 5.41) is 3.44. The van der Waals surface area contributed by atoms with Crippen LogP contribution in [-0.4, -0.2) is 6.04 Å². The minimum Gasteiger partial charge on any atom is -0.309 e. The van der Waals surface area contributed by atoms with E-state index in [1.165, 1.54) is 5.56 Å². The van der Waals surface area contributed by atoms with Crippen molar-refractivity contribution in [3.05, 3.63) is 35.9 Å². The predicted octanol–water partition coefficient (Wildman–Crippen LogP) is 2.58. The van der Waals surface area contributed by atoms with Gasteiger partial charge in [0.25, 0.3) is 0 Å². The first kappa shape index (κ1) is 10.8. The van der Waals surface area contributed by atoms with Crippen LogP contribution in [0.3, 0.4) is 0 Å². The third-order valence-corrected chi connectivity index (χ3v) is 2.29. The average Bonchev–Trinajstić information content (AvgIpc) is 2.25. The Morgan fingerprint density at radius 2 is 2.07 bits per heavy atom. The molecule has 0 aromatic heterocycles. The zero-order valence-electron chi connectivity index (χ0n) is 8.66. The SMILES string of the molecule is C#CCC(CC)NCc1ccccc1. The Morgan fingerprint density at radius 1 is 1.36 bits per heavy atom. The fourth-order valence-corrected chi connectivity index (χ4v) is 1.36. The van der Waals surface area contributed by atoms with Crippen LogP contribution in [0.2, 0.25) is 0 Å². The second-order valence-electron chi connectivity index (χ2n) is 3.38. The highest BCUT2D eigenvalue weighted by Crippen LogP contribution is 2.01. The molecule has 0 saturated heterocycles. The van der Waals surface area contributed by atoms with Gasteiger partial charge in [-0.05, 0) is 12.0 Å². The molecule has 1 heteroatoms. The van der Waals surface area contributed by atoms with E-state index in [1.807, 2.05) is 6.07 Å². The molecular formula is C13H17N. The largest absolute Gasteiger partial charge is 0.309 e. The normalized spacial score (nSPS) is 12.0. The molecule has 0 heterocycles. The van der Waals surface area contributed by atoms with Crippen LogP contribution < -0.4 is 5.32 Å². The first-order valence-corrected chi connectivity index (χ1v) is 5.07. The number of nitrogens with one attached hydrogen (secondary N) is 1. The highest BCUT2D eigenvalue weighted by molar-refractivity contribution is 5.14. The third-order valence-electron chi connectivity index (χ3n) is 2.29. The van der Waals surface area contributed by atoms with Crippen molar-refractivity contribution in [2.75, 3.05) is 0 Å². The molecule has 1 rings (SSSR count). The van der Waals surface area contributed by atoms with Crippen molar-refractivity contribution in [2.24, 2.45) is 0 Å². The minimum absolute atomic E-state index is 0.445. The van der Waals surface area contributed by atoms with E-state index in [9.17, 15) is 0 Å². The van der Waals surface area contributed by atoms with Gasteiger partial charge in [-0.2, -0.15) is 0 Å². The molecule has 0 amide bonds. The third kappa shape index (κ3) is 3.64. The molecule has 14 heavy (non-hydrogen) atoms. The molecule has 0 spiro atoms. The monoisotopic (exact) mass is 187 g/mol. The maximum Gasteiger partial charge on any atom is 0.0240 e. The first-order chi connectivity index (χ1) is 6.86. The summed E-state index contributed by atoms with van der Waals surface area (Å²) in [5.41, 5.74) is 1.31. The molecule has 0 bridgehead atoms. The van der Waals surface area contributed by atoms with Gasteiger partial charge in [0.1, 0.15) is 0 Å². The standard InChI is InChI=1S/C13H17N/c1-3-8-13(4-2)14-11-12-9-6-5-7-10-12/h1,5-7,9-10,13-14H,4,8,11H2,2H3. The fraction of sp³-hybridized carbons (Fsp3) is 0.385. The topological polar surface area (TPSA) is 12.0 Å². The van der Waals surface area contributed by atoms with Gasteiger partial charge in [-0.15, -0.1) is 12.3 Å². The Bertz CT molecular complexity index is 284. The Kier molecular flexibility index (Phi) is 4.82. The average molecular weight is 187 g/mol. The van der Waals surface area contributed by atoms with E-state index in [2.05, 4.69) is 42.4 Å². The van der Waals surface area contributed by atoms with E-state index in [0.29, 0.717) is 6.04 Å². The van der Waals surface area contributed by atoms with Crippen LogP contribution in [0.15, 0.2) is 30.3 Å². The van der Waals surface area contributed by atoms with Crippen LogP contribution in [0, 0.1) is 12.3 Å². The number of hydrogen-bond donors (Lipinski definition) is 1. The zero-order valence-corrected chi connectivity index (χ0v) is 8.66. The Labute approximate surface area is 86.5 Å². The Hall–Kier alpha value is -1.26. The van der Waals surface area contributed by atoms with Gasteiger partial charge in [0.15, 0.2) is 0 Å². The molecule has 1 aromatic carbocycles. The van der Waals surface area contributed by atoms with Crippen LogP contribution in [0.4, 0.5) is 0 Å². The van der Waals surface area contributed by atoms with Gasteiger partial charge in [-0.3, -0.25) is 0 Å². The summed E-state index contributed by atoms with van der Waals surface area (Å²) in [4.78, 5) is 0. The first-order valence-electron chi connectivity index (χ1n) is 5.07. The summed E-state index contributed by atoms with van der Waals surface area (Å²) >= 11 is 0. The molecule has 0 aliphatic heterocycles. The van der Waals surface area contributed by atoms with Crippen molar-refractivity contribution in [3.8, 4) is 12.3 Å². The van der Waals surface area contributed by atoms with Gasteiger partial charge in [0.2, 0.25) is 0 Å². The van der Waals surface area contributed by atoms with Gasteiger partial charge in [0, 0.05) is 19.0 Å². The van der Waals surface area contributed by atoms with Gasteiger partial charge in [0.05, 0.1) is 0 Å². The number of terminal acetylenes is 1. The number of benzene rings is 1. The van der Waals surface area contributed by atoms with Crippen molar-refractivity contribution < 1.29 is 0 Å². The van der Waals surface area contributed by atoms with E-state index in [-0.39, 0.29) is 0 Å². The summed E-state index contributed by atoms with van der Waals surface area (Å²) in [7, 11) is 0. The Balaban J connectivity index is 2.36. The van der Waals surface area contributed by atoms with Crippen LogP contribution >= 0.6 is 0 Å². The number of rotatable bonds is 5. The summed E-state index contributed by atoms with van der Waals surface area (Å²) in [6.07, 6.45) is 7.17. The molecule has 0 fully saturated rings. The molecule has 1 atom stereocenters. The molecule has 1 aromatic rings. The second kappa shape index (κ2) is 6.23. The van der Waals surface area contributed by atoms with Crippen molar-refractivity contribution in [1.82, 2.24) is 5.32 Å². The highest BCUT2D eigenvalue weighted by Gasteiger charge is 2.02. The lowest BCUT2D eigenvalue weighted by Crippen LogP contribution is -2.27. The summed E-state index contributed by atoms with van der Waals surface area (Å²) in [5.74, 6) is 2.69. The van der Waals surface area contributed by atoms with Gasteiger partial charge < -0.3 is 5.32 Å². The fourth-order valence-electron chi connectivity index (χ4n) is 1.36. The molecule has 0 saturated carbocycles. The molecule has 0 aliphatic rings. The van der Waals surface area contributed by atoms with E-state index >= 15 is 0 Å². The van der Waals surface area contributed by atoms with Gasteiger partial charge >= 0.3 is 0 Å². The molecule has 1 nitrogen and oxygen atoms in total. The van der Waals surface area contributed by atoms with E-state index in [1.54, 1.807) is 0 Å². The van der Waals surface area contributed by atoms with Crippen LogP contribution in [-0.2, 0) is 6.54 Å². The van der Waals surface area contributed by atoms with Crippen LogP contribution in [0.25, 0.3) is 0 Å². The summed E-state index contributed by atoms with van der Waals surface area (Å²) < 4.78 is 0. The zero-order chi connectivity index (χ0) is 10.2. The highest BCUT2D eigenvalue weighted by atomic mass is 14.9.